The van der Waals surface area contributed by atoms with Gasteiger partial charge in [0.1, 0.15) is 0 Å². The maximum atomic E-state index is 5.71. The molecular formula is C13H28N2O. The molecule has 0 aliphatic heterocycles. The molecule has 3 heteroatoms. The zero-order valence-corrected chi connectivity index (χ0v) is 11.1. The van der Waals surface area contributed by atoms with E-state index in [4.69, 9.17) is 10.6 Å². The number of hydrogen-bond acceptors (Lipinski definition) is 3. The van der Waals surface area contributed by atoms with E-state index in [0.29, 0.717) is 6.04 Å². The topological polar surface area (TPSA) is 47.3 Å². The Hall–Kier alpha value is -0.120. The van der Waals surface area contributed by atoms with E-state index in [9.17, 15) is 0 Å². The molecule has 1 atom stereocenters. The molecule has 1 saturated carbocycles. The predicted octanol–water partition coefficient (Wildman–Crippen LogP) is 2.60. The van der Waals surface area contributed by atoms with E-state index in [0.717, 1.165) is 12.3 Å². The van der Waals surface area contributed by atoms with Gasteiger partial charge in [-0.05, 0) is 39.0 Å². The Bertz CT molecular complexity index is 186. The van der Waals surface area contributed by atoms with Gasteiger partial charge in [0.05, 0.1) is 5.60 Å². The smallest absolute Gasteiger partial charge is 0.0638 e. The highest BCUT2D eigenvalue weighted by Crippen LogP contribution is 2.29. The molecule has 0 spiro atoms. The summed E-state index contributed by atoms with van der Waals surface area (Å²) >= 11 is 0. The van der Waals surface area contributed by atoms with E-state index in [2.05, 4.69) is 19.3 Å². The van der Waals surface area contributed by atoms with Crippen molar-refractivity contribution < 1.29 is 4.74 Å². The first-order valence-corrected chi connectivity index (χ1v) is 6.60. The van der Waals surface area contributed by atoms with Crippen LogP contribution < -0.4 is 11.3 Å². The summed E-state index contributed by atoms with van der Waals surface area (Å²) in [6.45, 7) is 4.27. The third-order valence-corrected chi connectivity index (χ3v) is 3.95. The lowest BCUT2D eigenvalue weighted by molar-refractivity contribution is 0.000574. The van der Waals surface area contributed by atoms with Crippen molar-refractivity contribution in [2.24, 2.45) is 11.8 Å². The zero-order valence-electron chi connectivity index (χ0n) is 11.1. The van der Waals surface area contributed by atoms with E-state index in [1.807, 2.05) is 0 Å². The van der Waals surface area contributed by atoms with Crippen LogP contribution in [0.2, 0.25) is 0 Å². The first kappa shape index (κ1) is 13.9. The van der Waals surface area contributed by atoms with E-state index >= 15 is 0 Å². The molecule has 0 aromatic carbocycles. The lowest BCUT2D eigenvalue weighted by Crippen LogP contribution is -2.45. The molecule has 3 nitrogen and oxygen atoms in total. The van der Waals surface area contributed by atoms with Crippen molar-refractivity contribution in [2.45, 2.75) is 70.4 Å². The Balaban J connectivity index is 2.51. The van der Waals surface area contributed by atoms with Crippen molar-refractivity contribution in [2.75, 3.05) is 7.11 Å². The van der Waals surface area contributed by atoms with Crippen LogP contribution in [0.3, 0.4) is 0 Å². The molecule has 0 heterocycles. The van der Waals surface area contributed by atoms with Gasteiger partial charge >= 0.3 is 0 Å². The van der Waals surface area contributed by atoms with E-state index in [1.54, 1.807) is 7.11 Å². The minimum absolute atomic E-state index is 0.0800. The summed E-state index contributed by atoms with van der Waals surface area (Å²) in [6.07, 6.45) is 9.11. The molecule has 16 heavy (non-hydrogen) atoms. The van der Waals surface area contributed by atoms with Crippen molar-refractivity contribution in [3.05, 3.63) is 0 Å². The number of methoxy groups -OCH3 is 1. The summed E-state index contributed by atoms with van der Waals surface area (Å²) in [5, 5.41) is 0. The second kappa shape index (κ2) is 6.58. The molecule has 96 valence electrons. The Morgan fingerprint density at radius 1 is 1.25 bits per heavy atom. The van der Waals surface area contributed by atoms with Crippen LogP contribution in [-0.2, 0) is 4.74 Å². The van der Waals surface area contributed by atoms with Crippen LogP contribution in [0.15, 0.2) is 0 Å². The second-order valence-corrected chi connectivity index (χ2v) is 5.69. The highest BCUT2D eigenvalue weighted by atomic mass is 16.5. The zero-order chi connectivity index (χ0) is 12.0. The molecule has 1 fully saturated rings. The van der Waals surface area contributed by atoms with Crippen LogP contribution in [0, 0.1) is 5.92 Å². The quantitative estimate of drug-likeness (QED) is 0.432. The molecule has 1 aliphatic carbocycles. The summed E-state index contributed by atoms with van der Waals surface area (Å²) in [6, 6.07) is 0.396. The molecule has 1 rings (SSSR count). The van der Waals surface area contributed by atoms with Crippen molar-refractivity contribution >= 4 is 0 Å². The maximum Gasteiger partial charge on any atom is 0.0638 e. The maximum absolute atomic E-state index is 5.71. The predicted molar refractivity (Wildman–Crippen MR) is 68.0 cm³/mol. The molecule has 0 aromatic heterocycles. The molecule has 0 bridgehead atoms. The number of nitrogens with one attached hydrogen (secondary N) is 1. The van der Waals surface area contributed by atoms with Crippen LogP contribution in [0.4, 0.5) is 0 Å². The number of ether oxygens (including phenoxy) is 1. The normalized spacial score (nSPS) is 21.8. The third-order valence-electron chi connectivity index (χ3n) is 3.95. The van der Waals surface area contributed by atoms with Crippen LogP contribution in [0.5, 0.6) is 0 Å². The summed E-state index contributed by atoms with van der Waals surface area (Å²) in [7, 11) is 1.78. The van der Waals surface area contributed by atoms with Gasteiger partial charge in [-0.1, -0.05) is 25.7 Å². The third kappa shape index (κ3) is 4.40. The van der Waals surface area contributed by atoms with Gasteiger partial charge in [-0.15, -0.1) is 0 Å². The summed E-state index contributed by atoms with van der Waals surface area (Å²) in [4.78, 5) is 0. The minimum atomic E-state index is -0.0800. The van der Waals surface area contributed by atoms with Crippen molar-refractivity contribution in [1.29, 1.82) is 0 Å². The number of hydrazine groups is 1. The second-order valence-electron chi connectivity index (χ2n) is 5.69. The van der Waals surface area contributed by atoms with Crippen molar-refractivity contribution in [1.82, 2.24) is 5.43 Å². The number of hydrogen-bond donors (Lipinski definition) is 2. The molecule has 0 radical (unpaired) electrons. The molecule has 0 saturated heterocycles. The van der Waals surface area contributed by atoms with Gasteiger partial charge in [0, 0.05) is 13.2 Å². The van der Waals surface area contributed by atoms with Crippen molar-refractivity contribution in [3.63, 3.8) is 0 Å². The molecule has 3 N–H and O–H groups in total. The molecule has 1 aliphatic rings. The van der Waals surface area contributed by atoms with Crippen LogP contribution in [0.25, 0.3) is 0 Å². The fraction of sp³-hybridized carbons (Fsp3) is 1.00. The van der Waals surface area contributed by atoms with Gasteiger partial charge in [0.25, 0.3) is 0 Å². The Morgan fingerprint density at radius 3 is 2.25 bits per heavy atom. The largest absolute Gasteiger partial charge is 0.379 e. The molecule has 1 unspecified atom stereocenters. The van der Waals surface area contributed by atoms with E-state index in [1.165, 1.54) is 38.5 Å². The first-order chi connectivity index (χ1) is 7.59. The van der Waals surface area contributed by atoms with E-state index < -0.39 is 0 Å². The highest BCUT2D eigenvalue weighted by molar-refractivity contribution is 4.83. The lowest BCUT2D eigenvalue weighted by atomic mass is 9.85. The average Bonchev–Trinajstić information content (AvgIpc) is 2.54. The summed E-state index contributed by atoms with van der Waals surface area (Å²) in [5.74, 6) is 6.43. The monoisotopic (exact) mass is 228 g/mol. The van der Waals surface area contributed by atoms with Crippen LogP contribution in [-0.4, -0.2) is 18.8 Å². The van der Waals surface area contributed by atoms with Gasteiger partial charge in [-0.2, -0.15) is 0 Å². The standard InChI is InChI=1S/C13H28N2O/c1-13(2,16-3)10-12(15-14)11-8-6-4-5-7-9-11/h11-12,15H,4-10,14H2,1-3H3. The average molecular weight is 228 g/mol. The molecular weight excluding hydrogens is 200 g/mol. The van der Waals surface area contributed by atoms with E-state index in [-0.39, 0.29) is 5.60 Å². The summed E-state index contributed by atoms with van der Waals surface area (Å²) < 4.78 is 5.50. The Kier molecular flexibility index (Phi) is 5.73. The van der Waals surface area contributed by atoms with Crippen LogP contribution >= 0.6 is 0 Å². The van der Waals surface area contributed by atoms with Crippen LogP contribution in [0.1, 0.15) is 58.8 Å². The Labute approximate surface area is 100 Å². The minimum Gasteiger partial charge on any atom is -0.379 e. The first-order valence-electron chi connectivity index (χ1n) is 6.60. The van der Waals surface area contributed by atoms with Crippen molar-refractivity contribution in [3.8, 4) is 0 Å². The molecule has 0 aromatic rings. The van der Waals surface area contributed by atoms with Gasteiger partial charge in [0.2, 0.25) is 0 Å². The molecule has 0 amide bonds. The summed E-state index contributed by atoms with van der Waals surface area (Å²) in [5.41, 5.74) is 2.93. The number of nitrogens with two attached hydrogens (primary N) is 1. The highest BCUT2D eigenvalue weighted by Gasteiger charge is 2.28. The fourth-order valence-corrected chi connectivity index (χ4v) is 2.69. The van der Waals surface area contributed by atoms with Gasteiger partial charge < -0.3 is 4.74 Å². The van der Waals surface area contributed by atoms with Gasteiger partial charge in [-0.25, -0.2) is 0 Å². The Morgan fingerprint density at radius 2 is 1.81 bits per heavy atom. The van der Waals surface area contributed by atoms with Gasteiger partial charge in [-0.3, -0.25) is 11.3 Å². The fourth-order valence-electron chi connectivity index (χ4n) is 2.69. The lowest BCUT2D eigenvalue weighted by Gasteiger charge is -2.32. The SMILES string of the molecule is COC(C)(C)CC(NN)C1CCCCCC1. The number of rotatable bonds is 5. The van der Waals surface area contributed by atoms with Gasteiger partial charge in [0.15, 0.2) is 0 Å².